The zero-order valence-corrected chi connectivity index (χ0v) is 17.5. The zero-order chi connectivity index (χ0) is 20.5. The van der Waals surface area contributed by atoms with Crippen LogP contribution in [-0.2, 0) is 17.6 Å². The lowest BCUT2D eigenvalue weighted by Gasteiger charge is -2.39. The minimum atomic E-state index is -0.741. The van der Waals surface area contributed by atoms with Crippen LogP contribution < -0.4 is 10.5 Å². The van der Waals surface area contributed by atoms with Gasteiger partial charge in [-0.2, -0.15) is 0 Å². The average molecular weight is 382 g/mol. The Morgan fingerprint density at radius 3 is 2.46 bits per heavy atom. The first-order valence-corrected chi connectivity index (χ1v) is 9.97. The molecule has 1 unspecified atom stereocenters. The van der Waals surface area contributed by atoms with Crippen LogP contribution in [0.1, 0.15) is 56.9 Å². The van der Waals surface area contributed by atoms with Crippen LogP contribution in [0.15, 0.2) is 36.4 Å². The van der Waals surface area contributed by atoms with E-state index >= 15 is 0 Å². The number of methoxy groups -OCH3 is 1. The van der Waals surface area contributed by atoms with Crippen LogP contribution in [0.2, 0.25) is 0 Å². The Hall–Kier alpha value is -2.49. The molecule has 0 spiro atoms. The fourth-order valence-electron chi connectivity index (χ4n) is 4.14. The Labute approximate surface area is 168 Å². The number of hydrogen-bond donors (Lipinski definition) is 1. The molecule has 1 amide bonds. The van der Waals surface area contributed by atoms with E-state index < -0.39 is 6.09 Å². The van der Waals surface area contributed by atoms with Gasteiger partial charge in [-0.1, -0.05) is 52.0 Å². The molecule has 2 aromatic carbocycles. The molecule has 28 heavy (non-hydrogen) atoms. The van der Waals surface area contributed by atoms with Crippen molar-refractivity contribution in [3.8, 4) is 16.9 Å². The first-order chi connectivity index (χ1) is 13.2. The fraction of sp³-hybridized carbons (Fsp3) is 0.458. The van der Waals surface area contributed by atoms with Gasteiger partial charge in [0.25, 0.3) is 0 Å². The highest BCUT2D eigenvalue weighted by atomic mass is 16.6. The highest BCUT2D eigenvalue weighted by Gasteiger charge is 2.39. The first kappa shape index (κ1) is 20.2. The molecule has 3 rings (SSSR count). The molecule has 0 radical (unpaired) electrons. The molecular weight excluding hydrogens is 350 g/mol. The summed E-state index contributed by atoms with van der Waals surface area (Å²) in [7, 11) is 1.68. The number of fused-ring (bicyclic) bond motifs is 1. The zero-order valence-electron chi connectivity index (χ0n) is 17.5. The number of carbonyl (C=O) groups excluding carboxylic acids is 1. The van der Waals surface area contributed by atoms with Gasteiger partial charge in [0.1, 0.15) is 11.9 Å². The van der Waals surface area contributed by atoms with Crippen LogP contribution >= 0.6 is 0 Å². The number of rotatable bonds is 5. The van der Waals surface area contributed by atoms with Crippen molar-refractivity contribution in [1.29, 1.82) is 0 Å². The lowest BCUT2D eigenvalue weighted by molar-refractivity contribution is 0.0145. The molecule has 4 heteroatoms. The van der Waals surface area contributed by atoms with E-state index in [1.54, 1.807) is 7.11 Å². The summed E-state index contributed by atoms with van der Waals surface area (Å²) in [5.41, 5.74) is 10.9. The Kier molecular flexibility index (Phi) is 5.69. The van der Waals surface area contributed by atoms with E-state index in [0.29, 0.717) is 5.92 Å². The monoisotopic (exact) mass is 381 g/mol. The summed E-state index contributed by atoms with van der Waals surface area (Å²) in [5.74, 6) is 1.42. The molecule has 2 aromatic rings. The topological polar surface area (TPSA) is 61.6 Å². The number of carbonyl (C=O) groups is 1. The van der Waals surface area contributed by atoms with Crippen molar-refractivity contribution in [3.05, 3.63) is 53.1 Å². The van der Waals surface area contributed by atoms with E-state index in [4.69, 9.17) is 15.2 Å². The van der Waals surface area contributed by atoms with Crippen LogP contribution in [0, 0.1) is 11.3 Å². The lowest BCUT2D eigenvalue weighted by atomic mass is 9.71. The van der Waals surface area contributed by atoms with Gasteiger partial charge in [-0.25, -0.2) is 4.79 Å². The SMILES string of the molecule is COc1cc2c(cc1-c1ccc(CC(C)C)cc1)CCC(C)(C)C2OC(N)=O. The van der Waals surface area contributed by atoms with Crippen LogP contribution in [0.3, 0.4) is 0 Å². The van der Waals surface area contributed by atoms with Gasteiger partial charge in [0.2, 0.25) is 0 Å². The third-order valence-corrected chi connectivity index (χ3v) is 5.64. The van der Waals surface area contributed by atoms with Gasteiger partial charge in [0, 0.05) is 11.0 Å². The van der Waals surface area contributed by atoms with Crippen molar-refractivity contribution in [2.75, 3.05) is 7.11 Å². The minimum Gasteiger partial charge on any atom is -0.496 e. The number of aryl methyl sites for hydroxylation is 1. The fourth-order valence-corrected chi connectivity index (χ4v) is 4.14. The highest BCUT2D eigenvalue weighted by Crippen LogP contribution is 2.48. The van der Waals surface area contributed by atoms with Crippen molar-refractivity contribution in [2.24, 2.45) is 17.1 Å². The molecule has 1 atom stereocenters. The van der Waals surface area contributed by atoms with E-state index in [9.17, 15) is 4.79 Å². The maximum absolute atomic E-state index is 11.5. The van der Waals surface area contributed by atoms with Crippen LogP contribution in [0.25, 0.3) is 11.1 Å². The molecule has 0 fully saturated rings. The largest absolute Gasteiger partial charge is 0.496 e. The number of benzene rings is 2. The maximum Gasteiger partial charge on any atom is 0.405 e. The summed E-state index contributed by atoms with van der Waals surface area (Å²) in [5, 5.41) is 0. The Balaban J connectivity index is 2.02. The maximum atomic E-state index is 11.5. The van der Waals surface area contributed by atoms with Gasteiger partial charge >= 0.3 is 6.09 Å². The number of ether oxygens (including phenoxy) is 2. The number of nitrogens with two attached hydrogens (primary N) is 1. The third-order valence-electron chi connectivity index (χ3n) is 5.64. The van der Waals surface area contributed by atoms with Crippen molar-refractivity contribution < 1.29 is 14.3 Å². The van der Waals surface area contributed by atoms with Crippen LogP contribution in [-0.4, -0.2) is 13.2 Å². The molecule has 2 N–H and O–H groups in total. The molecule has 0 saturated carbocycles. The summed E-state index contributed by atoms with van der Waals surface area (Å²) >= 11 is 0. The second-order valence-electron chi connectivity index (χ2n) is 8.85. The molecule has 4 nitrogen and oxygen atoms in total. The van der Waals surface area contributed by atoms with E-state index in [2.05, 4.69) is 58.0 Å². The Morgan fingerprint density at radius 1 is 1.21 bits per heavy atom. The van der Waals surface area contributed by atoms with E-state index in [0.717, 1.165) is 41.7 Å². The summed E-state index contributed by atoms with van der Waals surface area (Å²) in [6.07, 6.45) is 1.82. The molecule has 150 valence electrons. The third kappa shape index (κ3) is 4.16. The first-order valence-electron chi connectivity index (χ1n) is 9.97. The number of hydrogen-bond acceptors (Lipinski definition) is 3. The van der Waals surface area contributed by atoms with Crippen LogP contribution in [0.4, 0.5) is 4.79 Å². The second-order valence-corrected chi connectivity index (χ2v) is 8.85. The van der Waals surface area contributed by atoms with Crippen molar-refractivity contribution in [1.82, 2.24) is 0 Å². The van der Waals surface area contributed by atoms with Gasteiger partial charge in [-0.3, -0.25) is 0 Å². The molecule has 1 aliphatic carbocycles. The van der Waals surface area contributed by atoms with E-state index in [-0.39, 0.29) is 11.5 Å². The molecule has 0 aliphatic heterocycles. The molecular formula is C24H31NO3. The Morgan fingerprint density at radius 2 is 1.89 bits per heavy atom. The van der Waals surface area contributed by atoms with Crippen molar-refractivity contribution in [3.63, 3.8) is 0 Å². The smallest absolute Gasteiger partial charge is 0.405 e. The minimum absolute atomic E-state index is 0.174. The predicted octanol–water partition coefficient (Wildman–Crippen LogP) is 5.67. The van der Waals surface area contributed by atoms with Gasteiger partial charge in [-0.15, -0.1) is 0 Å². The lowest BCUT2D eigenvalue weighted by Crippen LogP contribution is -2.33. The Bertz CT molecular complexity index is 853. The summed E-state index contributed by atoms with van der Waals surface area (Å²) in [6.45, 7) is 8.67. The standard InChI is InChI=1S/C24H31NO3/c1-15(2)12-16-6-8-17(9-7-16)19-13-18-10-11-24(3,4)22(28-23(25)26)20(18)14-21(19)27-5/h6-9,13-15,22H,10-12H2,1-5H3,(H2,25,26). The summed E-state index contributed by atoms with van der Waals surface area (Å²) in [4.78, 5) is 11.5. The normalized spacial score (nSPS) is 17.9. The van der Waals surface area contributed by atoms with Gasteiger partial charge in [0.15, 0.2) is 0 Å². The van der Waals surface area contributed by atoms with Crippen molar-refractivity contribution >= 4 is 6.09 Å². The van der Waals surface area contributed by atoms with Gasteiger partial charge in [-0.05, 0) is 59.6 Å². The van der Waals surface area contributed by atoms with E-state index in [1.165, 1.54) is 11.1 Å². The molecule has 0 bridgehead atoms. The predicted molar refractivity (Wildman–Crippen MR) is 112 cm³/mol. The number of amides is 1. The summed E-state index contributed by atoms with van der Waals surface area (Å²) < 4.78 is 11.2. The highest BCUT2D eigenvalue weighted by molar-refractivity contribution is 5.73. The van der Waals surface area contributed by atoms with E-state index in [1.807, 2.05) is 6.07 Å². The summed E-state index contributed by atoms with van der Waals surface area (Å²) in [6, 6.07) is 12.9. The second kappa shape index (κ2) is 7.86. The van der Waals surface area contributed by atoms with Gasteiger partial charge < -0.3 is 15.2 Å². The molecule has 0 saturated heterocycles. The average Bonchev–Trinajstić information content (AvgIpc) is 2.63. The van der Waals surface area contributed by atoms with Crippen LogP contribution in [0.5, 0.6) is 5.75 Å². The molecule has 0 heterocycles. The van der Waals surface area contributed by atoms with Crippen molar-refractivity contribution in [2.45, 2.75) is 53.1 Å². The molecule has 0 aromatic heterocycles. The number of primary amides is 1. The van der Waals surface area contributed by atoms with Gasteiger partial charge in [0.05, 0.1) is 7.11 Å². The quantitative estimate of drug-likeness (QED) is 0.726. The molecule has 1 aliphatic rings.